The third-order valence-electron chi connectivity index (χ3n) is 3.87. The second-order valence-electron chi connectivity index (χ2n) is 4.71. The van der Waals surface area contributed by atoms with E-state index < -0.39 is 11.7 Å². The SMILES string of the molecule is CCC(CC)(OC)C(O)c1cc2cc(F)ccc2o1. The first-order chi connectivity index (χ1) is 9.06. The zero-order valence-corrected chi connectivity index (χ0v) is 11.4. The van der Waals surface area contributed by atoms with Crippen molar-refractivity contribution in [3.05, 3.63) is 35.8 Å². The number of aliphatic hydroxyl groups is 1. The van der Waals surface area contributed by atoms with Gasteiger partial charge in [0.15, 0.2) is 0 Å². The number of furan rings is 1. The number of ether oxygens (including phenoxy) is 1. The highest BCUT2D eigenvalue weighted by Crippen LogP contribution is 2.37. The molecule has 2 aromatic rings. The first-order valence-corrected chi connectivity index (χ1v) is 6.48. The van der Waals surface area contributed by atoms with E-state index in [2.05, 4.69) is 0 Å². The highest BCUT2D eigenvalue weighted by molar-refractivity contribution is 5.78. The first-order valence-electron chi connectivity index (χ1n) is 6.48. The fraction of sp³-hybridized carbons (Fsp3) is 0.467. The van der Waals surface area contributed by atoms with Gasteiger partial charge in [-0.1, -0.05) is 13.8 Å². The summed E-state index contributed by atoms with van der Waals surface area (Å²) in [6.45, 7) is 3.91. The predicted molar refractivity (Wildman–Crippen MR) is 71.5 cm³/mol. The number of rotatable bonds is 5. The van der Waals surface area contributed by atoms with E-state index in [1.807, 2.05) is 13.8 Å². The molecule has 0 radical (unpaired) electrons. The Kier molecular flexibility index (Phi) is 3.92. The summed E-state index contributed by atoms with van der Waals surface area (Å²) in [5, 5.41) is 11.1. The molecule has 19 heavy (non-hydrogen) atoms. The van der Waals surface area contributed by atoms with E-state index in [0.29, 0.717) is 29.6 Å². The lowest BCUT2D eigenvalue weighted by Crippen LogP contribution is -2.37. The van der Waals surface area contributed by atoms with Gasteiger partial charge in [0.2, 0.25) is 0 Å². The van der Waals surface area contributed by atoms with Gasteiger partial charge in [-0.05, 0) is 37.1 Å². The van der Waals surface area contributed by atoms with Crippen molar-refractivity contribution in [3.63, 3.8) is 0 Å². The molecular weight excluding hydrogens is 247 g/mol. The summed E-state index contributed by atoms with van der Waals surface area (Å²) in [6.07, 6.45) is 0.446. The smallest absolute Gasteiger partial charge is 0.140 e. The molecule has 1 N–H and O–H groups in total. The third-order valence-corrected chi connectivity index (χ3v) is 3.87. The van der Waals surface area contributed by atoms with Crippen molar-refractivity contribution in [1.29, 1.82) is 0 Å². The number of aliphatic hydroxyl groups excluding tert-OH is 1. The van der Waals surface area contributed by atoms with Crippen molar-refractivity contribution < 1.29 is 18.7 Å². The largest absolute Gasteiger partial charge is 0.458 e. The maximum Gasteiger partial charge on any atom is 0.140 e. The van der Waals surface area contributed by atoms with Crippen molar-refractivity contribution in [2.75, 3.05) is 7.11 Å². The Morgan fingerprint density at radius 3 is 2.58 bits per heavy atom. The van der Waals surface area contributed by atoms with Gasteiger partial charge in [-0.25, -0.2) is 4.39 Å². The molecular formula is C15H19FO3. The molecule has 0 saturated heterocycles. The molecule has 1 aromatic carbocycles. The lowest BCUT2D eigenvalue weighted by atomic mass is 9.89. The predicted octanol–water partition coefficient (Wildman–Crippen LogP) is 3.81. The summed E-state index contributed by atoms with van der Waals surface area (Å²) < 4.78 is 24.2. The quantitative estimate of drug-likeness (QED) is 0.894. The summed E-state index contributed by atoms with van der Waals surface area (Å²) in [5.74, 6) is 0.0875. The van der Waals surface area contributed by atoms with E-state index in [1.54, 1.807) is 19.2 Å². The lowest BCUT2D eigenvalue weighted by molar-refractivity contribution is -0.116. The van der Waals surface area contributed by atoms with E-state index in [0.717, 1.165) is 0 Å². The minimum Gasteiger partial charge on any atom is -0.458 e. The van der Waals surface area contributed by atoms with Gasteiger partial charge < -0.3 is 14.3 Å². The lowest BCUT2D eigenvalue weighted by Gasteiger charge is -2.33. The van der Waals surface area contributed by atoms with Crippen molar-refractivity contribution in [3.8, 4) is 0 Å². The van der Waals surface area contributed by atoms with Gasteiger partial charge in [-0.15, -0.1) is 0 Å². The minimum atomic E-state index is -0.872. The van der Waals surface area contributed by atoms with Crippen molar-refractivity contribution >= 4 is 11.0 Å². The van der Waals surface area contributed by atoms with Gasteiger partial charge in [0.05, 0.1) is 0 Å². The fourth-order valence-electron chi connectivity index (χ4n) is 2.47. The molecule has 1 atom stereocenters. The number of fused-ring (bicyclic) bond motifs is 1. The third kappa shape index (κ3) is 2.38. The maximum atomic E-state index is 13.2. The van der Waals surface area contributed by atoms with E-state index in [4.69, 9.17) is 9.15 Å². The van der Waals surface area contributed by atoms with Crippen LogP contribution in [0.1, 0.15) is 38.6 Å². The molecule has 0 amide bonds. The van der Waals surface area contributed by atoms with Gasteiger partial charge in [0.25, 0.3) is 0 Å². The monoisotopic (exact) mass is 266 g/mol. The van der Waals surface area contributed by atoms with Crippen LogP contribution >= 0.6 is 0 Å². The van der Waals surface area contributed by atoms with Crippen LogP contribution in [0.3, 0.4) is 0 Å². The molecule has 1 unspecified atom stereocenters. The van der Waals surface area contributed by atoms with Crippen LogP contribution in [-0.2, 0) is 4.74 Å². The number of benzene rings is 1. The second-order valence-corrected chi connectivity index (χ2v) is 4.71. The normalized spacial score (nSPS) is 13.9. The van der Waals surface area contributed by atoms with E-state index in [9.17, 15) is 9.50 Å². The summed E-state index contributed by atoms with van der Waals surface area (Å²) in [7, 11) is 1.58. The van der Waals surface area contributed by atoms with Crippen LogP contribution in [0.5, 0.6) is 0 Å². The van der Waals surface area contributed by atoms with Gasteiger partial charge in [0.1, 0.15) is 28.9 Å². The van der Waals surface area contributed by atoms with E-state index >= 15 is 0 Å². The molecule has 0 aliphatic rings. The van der Waals surface area contributed by atoms with Crippen LogP contribution in [0, 0.1) is 5.82 Å². The molecule has 0 aliphatic heterocycles. The van der Waals surface area contributed by atoms with Gasteiger partial charge in [-0.2, -0.15) is 0 Å². The number of hydrogen-bond acceptors (Lipinski definition) is 3. The zero-order chi connectivity index (χ0) is 14.0. The Morgan fingerprint density at radius 2 is 2.00 bits per heavy atom. The molecule has 0 saturated carbocycles. The highest BCUT2D eigenvalue weighted by atomic mass is 19.1. The van der Waals surface area contributed by atoms with E-state index in [1.165, 1.54) is 12.1 Å². The summed E-state index contributed by atoms with van der Waals surface area (Å²) in [6, 6.07) is 5.96. The summed E-state index contributed by atoms with van der Waals surface area (Å²) >= 11 is 0. The average molecular weight is 266 g/mol. The molecule has 0 spiro atoms. The molecule has 1 heterocycles. The van der Waals surface area contributed by atoms with Crippen LogP contribution in [0.25, 0.3) is 11.0 Å². The van der Waals surface area contributed by atoms with Crippen LogP contribution < -0.4 is 0 Å². The Morgan fingerprint density at radius 1 is 1.32 bits per heavy atom. The van der Waals surface area contributed by atoms with Crippen LogP contribution in [0.15, 0.2) is 28.7 Å². The molecule has 0 aliphatic carbocycles. The standard InChI is InChI=1S/C15H19FO3/c1-4-15(5-2,18-3)14(17)13-9-10-8-11(16)6-7-12(10)19-13/h6-9,14,17H,4-5H2,1-3H3. The molecule has 2 rings (SSSR count). The Bertz CT molecular complexity index is 549. The van der Waals surface area contributed by atoms with Crippen LogP contribution in [0.2, 0.25) is 0 Å². The number of methoxy groups -OCH3 is 1. The van der Waals surface area contributed by atoms with E-state index in [-0.39, 0.29) is 5.82 Å². The zero-order valence-electron chi connectivity index (χ0n) is 11.4. The Labute approximate surface area is 112 Å². The maximum absolute atomic E-state index is 13.2. The summed E-state index contributed by atoms with van der Waals surface area (Å²) in [4.78, 5) is 0. The van der Waals surface area contributed by atoms with Crippen molar-refractivity contribution in [1.82, 2.24) is 0 Å². The molecule has 3 nitrogen and oxygen atoms in total. The molecule has 0 fully saturated rings. The first kappa shape index (κ1) is 14.0. The van der Waals surface area contributed by atoms with Gasteiger partial charge >= 0.3 is 0 Å². The Balaban J connectivity index is 2.43. The van der Waals surface area contributed by atoms with Crippen molar-refractivity contribution in [2.24, 2.45) is 0 Å². The Hall–Kier alpha value is -1.39. The fourth-order valence-corrected chi connectivity index (χ4v) is 2.47. The van der Waals surface area contributed by atoms with Crippen molar-refractivity contribution in [2.45, 2.75) is 38.4 Å². The van der Waals surface area contributed by atoms with Crippen LogP contribution in [-0.4, -0.2) is 17.8 Å². The second kappa shape index (κ2) is 5.31. The molecule has 0 bridgehead atoms. The number of halogens is 1. The molecule has 104 valence electrons. The summed E-state index contributed by atoms with van der Waals surface area (Å²) in [5.41, 5.74) is -0.112. The minimum absolute atomic E-state index is 0.321. The number of hydrogen-bond donors (Lipinski definition) is 1. The average Bonchev–Trinajstić information content (AvgIpc) is 2.84. The molecule has 4 heteroatoms. The topological polar surface area (TPSA) is 42.6 Å². The van der Waals surface area contributed by atoms with Gasteiger partial charge in [-0.3, -0.25) is 0 Å². The molecule has 1 aromatic heterocycles. The van der Waals surface area contributed by atoms with Crippen LogP contribution in [0.4, 0.5) is 4.39 Å². The van der Waals surface area contributed by atoms with Gasteiger partial charge in [0, 0.05) is 12.5 Å². The highest BCUT2D eigenvalue weighted by Gasteiger charge is 2.37.